The molecule has 1 radical (unpaired) electrons. The molecule has 0 saturated heterocycles. The molecule has 0 heterocycles. The largest absolute Gasteiger partial charge is 3.00 e. The maximum absolute atomic E-state index is 8.89. The molecule has 0 aliphatic heterocycles. The van der Waals surface area contributed by atoms with Gasteiger partial charge in [0.2, 0.25) is 0 Å². The van der Waals surface area contributed by atoms with E-state index in [0.717, 1.165) is 47.7 Å². The van der Waals surface area contributed by atoms with Crippen LogP contribution in [0, 0.1) is 39.9 Å². The molecule has 0 aromatic carbocycles. The fourth-order valence-corrected chi connectivity index (χ4v) is 0.329. The van der Waals surface area contributed by atoms with Crippen molar-refractivity contribution in [3.05, 3.63) is 0 Å². The van der Waals surface area contributed by atoms with E-state index in [-0.39, 0.29) is 99.1 Å². The summed E-state index contributed by atoms with van der Waals surface area (Å²) < 4.78 is 0. The summed E-state index contributed by atoms with van der Waals surface area (Å²) in [6.07, 6.45) is 0. The minimum Gasteiger partial charge on any atom is -0.550 e. The van der Waals surface area contributed by atoms with Crippen LogP contribution in [0.5, 0.6) is 0 Å². The van der Waals surface area contributed by atoms with Gasteiger partial charge in [0.15, 0.2) is 0 Å². The van der Waals surface area contributed by atoms with E-state index < -0.39 is 29.8 Å². The van der Waals surface area contributed by atoms with Crippen molar-refractivity contribution in [3.63, 3.8) is 0 Å². The summed E-state index contributed by atoms with van der Waals surface area (Å²) in [6, 6.07) is 0. The van der Waals surface area contributed by atoms with Crippen molar-refractivity contribution in [2.45, 2.75) is 34.6 Å². The Kier molecular flexibility index (Phi) is 109. The normalized spacial score (nSPS) is 6.37. The molecular weight excluding hydrogens is 573 g/mol. The maximum atomic E-state index is 8.89. The molecule has 0 aromatic rings. The first-order valence-electron chi connectivity index (χ1n) is 7.06. The summed E-state index contributed by atoms with van der Waals surface area (Å²) in [7, 11) is 0. The van der Waals surface area contributed by atoms with Gasteiger partial charge in [0.25, 0.3) is 0 Å². The van der Waals surface area contributed by atoms with Gasteiger partial charge in [0, 0.05) is 56.0 Å². The number of carbonyl (C=O) groups excluding carboxylic acids is 5. The summed E-state index contributed by atoms with van der Waals surface area (Å²) in [6.45, 7) is 7.99. The van der Waals surface area contributed by atoms with E-state index in [1.165, 1.54) is 0 Å². The van der Waals surface area contributed by atoms with Gasteiger partial charge in [-0.15, -0.1) is 0 Å². The fraction of sp³-hybridized carbons (Fsp3) is 0.643. The van der Waals surface area contributed by atoms with E-state index in [0.29, 0.717) is 13.1 Å². The van der Waals surface area contributed by atoms with Gasteiger partial charge in [-0.25, -0.2) is 0 Å². The Bertz CT molecular complexity index is 299. The zero-order valence-electron chi connectivity index (χ0n) is 18.4. The average Bonchev–Trinajstić information content (AvgIpc) is 2.35. The molecule has 0 fully saturated rings. The summed E-state index contributed by atoms with van der Waals surface area (Å²) in [5.41, 5.74) is 10.3. The van der Waals surface area contributed by atoms with Crippen molar-refractivity contribution in [3.8, 4) is 0 Å². The van der Waals surface area contributed by atoms with E-state index in [9.17, 15) is 0 Å². The zero-order chi connectivity index (χ0) is 23.4. The second-order valence-corrected chi connectivity index (χ2v) is 3.79. The van der Waals surface area contributed by atoms with Crippen LogP contribution in [0.1, 0.15) is 34.6 Å². The number of carboxylic acid groups (broad SMARTS) is 5. The number of rotatable bonds is 4. The number of hydrogen-bond acceptors (Lipinski definition) is 13. The van der Waals surface area contributed by atoms with Crippen molar-refractivity contribution in [2.24, 2.45) is 11.5 Å². The van der Waals surface area contributed by atoms with Crippen molar-refractivity contribution in [1.29, 1.82) is 0 Å². The van der Waals surface area contributed by atoms with Crippen molar-refractivity contribution < 1.29 is 149 Å². The van der Waals surface area contributed by atoms with Gasteiger partial charge in [-0.05, 0) is 34.6 Å². The third-order valence-corrected chi connectivity index (χ3v) is 0.642. The van der Waals surface area contributed by atoms with Gasteiger partial charge >= 0.3 is 99.1 Å². The molecule has 169 valence electrons. The number of nitrogens with two attached hydrogens (primary N) is 2. The van der Waals surface area contributed by atoms with Gasteiger partial charge in [0.1, 0.15) is 0 Å². The summed E-state index contributed by atoms with van der Waals surface area (Å²) in [4.78, 5) is 44.4. The quantitative estimate of drug-likeness (QED) is 0.200. The van der Waals surface area contributed by atoms with E-state index in [1.807, 2.05) is 0 Å². The molecule has 0 aromatic heterocycles. The van der Waals surface area contributed by atoms with Crippen molar-refractivity contribution >= 4 is 29.8 Å². The zero-order valence-corrected chi connectivity index (χ0v) is 24.7. The molecule has 0 rings (SSSR count). The minimum absolute atomic E-state index is 0. The predicted molar refractivity (Wildman–Crippen MR) is 84.4 cm³/mol. The third-order valence-electron chi connectivity index (χ3n) is 0.642. The van der Waals surface area contributed by atoms with Crippen LogP contribution in [-0.2, 0) is 24.0 Å². The van der Waals surface area contributed by atoms with E-state index in [4.69, 9.17) is 61.0 Å². The van der Waals surface area contributed by atoms with Crippen LogP contribution >= 0.6 is 0 Å². The predicted octanol–water partition coefficient (Wildman–Crippen LogP) is -13.7. The second kappa shape index (κ2) is 57.0. The van der Waals surface area contributed by atoms with Crippen LogP contribution in [-0.4, -0.2) is 56.0 Å². The molecule has 0 atom stereocenters. The minimum atomic E-state index is -1.08. The van der Waals surface area contributed by atoms with Gasteiger partial charge in [0.05, 0.1) is 0 Å². The molecule has 0 unspecified atom stereocenters. The van der Waals surface area contributed by atoms with Gasteiger partial charge in [-0.3, -0.25) is 0 Å². The number of hydrogen-bond donors (Lipinski definition) is 3. The fourth-order valence-electron chi connectivity index (χ4n) is 0.329. The smallest absolute Gasteiger partial charge is 0.550 e. The molecule has 16 heteroatoms. The average molecular weight is 602 g/mol. The molecule has 0 amide bonds. The van der Waals surface area contributed by atoms with Crippen LogP contribution in [0.4, 0.5) is 0 Å². The first-order chi connectivity index (χ1) is 12.1. The molecule has 0 aliphatic rings. The Hall–Kier alpha value is 0.555. The Morgan fingerprint density at radius 1 is 0.567 bits per heavy atom. The molecular formula is C14H28GdN3Na2O10. The molecule has 0 aliphatic carbocycles. The summed E-state index contributed by atoms with van der Waals surface area (Å²) in [5.74, 6) is -5.42. The Labute approximate surface area is 253 Å². The Balaban J connectivity index is -0.0000000251. The second-order valence-electron chi connectivity index (χ2n) is 3.79. The molecule has 5 N–H and O–H groups in total. The SMILES string of the molecule is CC(=O)[O-].CC(=O)[O-].CC(=O)[O-].CC(=O)[O-].CC(=O)[O-].NCCNCCN.[Gd+3].[Na+].[Na+]. The molecule has 0 saturated carbocycles. The topological polar surface area (TPSA) is 265 Å². The monoisotopic (exact) mass is 602 g/mol. The van der Waals surface area contributed by atoms with Crippen molar-refractivity contribution in [2.75, 3.05) is 26.2 Å². The maximum Gasteiger partial charge on any atom is 3.00 e. The molecule has 30 heavy (non-hydrogen) atoms. The summed E-state index contributed by atoms with van der Waals surface area (Å²) >= 11 is 0. The van der Waals surface area contributed by atoms with Crippen molar-refractivity contribution in [1.82, 2.24) is 5.32 Å². The molecule has 13 nitrogen and oxygen atoms in total. The first-order valence-corrected chi connectivity index (χ1v) is 7.06. The number of aliphatic carboxylic acids is 5. The van der Waals surface area contributed by atoms with Crippen LogP contribution in [0.15, 0.2) is 0 Å². The van der Waals surface area contributed by atoms with E-state index >= 15 is 0 Å². The van der Waals surface area contributed by atoms with Gasteiger partial charge < -0.3 is 66.3 Å². The Morgan fingerprint density at radius 3 is 0.733 bits per heavy atom. The standard InChI is InChI=1S/C4H13N3.5C2H4O2.Gd.2Na/c5-1-3-7-4-2-6;5*1-2(3)4;;;/h7H,1-6H2;5*1H3,(H,3,4);;;/q;;;;;;+3;2*+1/p-5. The number of nitrogens with one attached hydrogen (secondary N) is 1. The van der Waals surface area contributed by atoms with E-state index in [2.05, 4.69) is 5.32 Å². The summed E-state index contributed by atoms with van der Waals surface area (Å²) in [5, 5.41) is 47.5. The van der Waals surface area contributed by atoms with Crippen LogP contribution in [0.25, 0.3) is 0 Å². The van der Waals surface area contributed by atoms with Crippen LogP contribution in [0.3, 0.4) is 0 Å². The van der Waals surface area contributed by atoms with Gasteiger partial charge in [-0.1, -0.05) is 0 Å². The number of carboxylic acids is 5. The van der Waals surface area contributed by atoms with Gasteiger partial charge in [-0.2, -0.15) is 0 Å². The molecule has 0 bridgehead atoms. The van der Waals surface area contributed by atoms with Crippen LogP contribution < -0.4 is 101 Å². The molecule has 0 spiro atoms. The third kappa shape index (κ3) is 1050. The first kappa shape index (κ1) is 57.4. The Morgan fingerprint density at radius 2 is 0.667 bits per heavy atom. The van der Waals surface area contributed by atoms with Crippen LogP contribution in [0.2, 0.25) is 0 Å². The van der Waals surface area contributed by atoms with E-state index in [1.54, 1.807) is 0 Å². The number of carbonyl (C=O) groups is 5.